The van der Waals surface area contributed by atoms with Crippen molar-refractivity contribution in [2.75, 3.05) is 13.2 Å². The first-order valence-electron chi connectivity index (χ1n) is 6.14. The van der Waals surface area contributed by atoms with E-state index in [2.05, 4.69) is 15.9 Å². The van der Waals surface area contributed by atoms with Crippen LogP contribution in [0.5, 0.6) is 11.5 Å². The normalized spacial score (nSPS) is 14.9. The number of hydrogen-bond donors (Lipinski definition) is 0. The summed E-state index contributed by atoms with van der Waals surface area (Å²) in [7, 11) is 0. The largest absolute Gasteiger partial charge is 0.486 e. The van der Waals surface area contributed by atoms with E-state index in [0.29, 0.717) is 34.7 Å². The lowest BCUT2D eigenvalue weighted by Crippen LogP contribution is -2.15. The first-order chi connectivity index (χ1) is 9.66. The molecule has 2 aromatic carbocycles. The van der Waals surface area contributed by atoms with Crippen LogP contribution < -0.4 is 9.47 Å². The molecule has 0 aromatic heterocycles. The van der Waals surface area contributed by atoms with Crippen molar-refractivity contribution in [1.82, 2.24) is 0 Å². The van der Waals surface area contributed by atoms with Crippen molar-refractivity contribution < 1.29 is 13.9 Å². The maximum Gasteiger partial charge on any atom is 0.161 e. The van der Waals surface area contributed by atoms with Crippen LogP contribution in [0.25, 0.3) is 0 Å². The zero-order valence-electron chi connectivity index (χ0n) is 10.4. The maximum atomic E-state index is 13.6. The minimum atomic E-state index is -0.462. The van der Waals surface area contributed by atoms with Crippen molar-refractivity contribution in [3.8, 4) is 11.5 Å². The summed E-state index contributed by atoms with van der Waals surface area (Å²) in [5.41, 5.74) is 1.52. The van der Waals surface area contributed by atoms with Gasteiger partial charge in [-0.15, -0.1) is 11.6 Å². The molecule has 1 heterocycles. The SMILES string of the molecule is Fc1cccc(C(Cl)c2ccc3c(c2)OCCO3)c1Br. The molecule has 1 atom stereocenters. The molecule has 2 nitrogen and oxygen atoms in total. The van der Waals surface area contributed by atoms with Gasteiger partial charge in [0.05, 0.1) is 9.85 Å². The van der Waals surface area contributed by atoms with Crippen LogP contribution in [-0.2, 0) is 0 Å². The van der Waals surface area contributed by atoms with E-state index in [0.717, 1.165) is 5.56 Å². The number of fused-ring (bicyclic) bond motifs is 1. The number of ether oxygens (including phenoxy) is 2. The first kappa shape index (κ1) is 13.7. The van der Waals surface area contributed by atoms with Gasteiger partial charge in [0.1, 0.15) is 19.0 Å². The number of alkyl halides is 1. The summed E-state index contributed by atoms with van der Waals surface area (Å²) in [6.07, 6.45) is 0. The monoisotopic (exact) mass is 356 g/mol. The Morgan fingerprint density at radius 3 is 2.65 bits per heavy atom. The third-order valence-electron chi connectivity index (χ3n) is 3.11. The van der Waals surface area contributed by atoms with Gasteiger partial charge in [-0.1, -0.05) is 18.2 Å². The van der Waals surface area contributed by atoms with Gasteiger partial charge in [-0.25, -0.2) is 4.39 Å². The van der Waals surface area contributed by atoms with Gasteiger partial charge in [0.25, 0.3) is 0 Å². The van der Waals surface area contributed by atoms with Crippen LogP contribution in [0.4, 0.5) is 4.39 Å². The average molecular weight is 358 g/mol. The van der Waals surface area contributed by atoms with Gasteiger partial charge in [0, 0.05) is 0 Å². The number of hydrogen-bond acceptors (Lipinski definition) is 2. The Morgan fingerprint density at radius 2 is 1.85 bits per heavy atom. The van der Waals surface area contributed by atoms with Crippen LogP contribution in [-0.4, -0.2) is 13.2 Å². The zero-order valence-corrected chi connectivity index (χ0v) is 12.7. The summed E-state index contributed by atoms with van der Waals surface area (Å²) in [6, 6.07) is 10.4. The molecule has 0 radical (unpaired) electrons. The van der Waals surface area contributed by atoms with E-state index in [1.165, 1.54) is 6.07 Å². The topological polar surface area (TPSA) is 18.5 Å². The van der Waals surface area contributed by atoms with E-state index in [1.807, 2.05) is 18.2 Å². The van der Waals surface area contributed by atoms with E-state index in [1.54, 1.807) is 12.1 Å². The smallest absolute Gasteiger partial charge is 0.161 e. The van der Waals surface area contributed by atoms with Gasteiger partial charge in [0.2, 0.25) is 0 Å². The summed E-state index contributed by atoms with van der Waals surface area (Å²) in [4.78, 5) is 0. The maximum absolute atomic E-state index is 13.6. The Bertz CT molecular complexity index is 648. The Hall–Kier alpha value is -1.26. The van der Waals surface area contributed by atoms with Crippen molar-refractivity contribution in [3.05, 3.63) is 57.8 Å². The van der Waals surface area contributed by atoms with E-state index in [9.17, 15) is 4.39 Å². The van der Waals surface area contributed by atoms with Crippen molar-refractivity contribution in [1.29, 1.82) is 0 Å². The molecular weight excluding hydrogens is 347 g/mol. The molecule has 104 valence electrons. The van der Waals surface area contributed by atoms with Gasteiger partial charge in [-0.3, -0.25) is 0 Å². The minimum Gasteiger partial charge on any atom is -0.486 e. The lowest BCUT2D eigenvalue weighted by Gasteiger charge is -2.20. The van der Waals surface area contributed by atoms with Crippen LogP contribution in [0.1, 0.15) is 16.5 Å². The van der Waals surface area contributed by atoms with Crippen LogP contribution in [0, 0.1) is 5.82 Å². The third kappa shape index (κ3) is 2.50. The Kier molecular flexibility index (Phi) is 3.85. The minimum absolute atomic E-state index is 0.328. The molecule has 1 unspecified atom stereocenters. The Morgan fingerprint density at radius 1 is 1.10 bits per heavy atom. The standard InChI is InChI=1S/C15H11BrClFO2/c16-14-10(2-1-3-11(14)18)15(17)9-4-5-12-13(8-9)20-7-6-19-12/h1-5,8,15H,6-7H2. The molecule has 0 amide bonds. The number of benzene rings is 2. The van der Waals surface area contributed by atoms with E-state index in [-0.39, 0.29) is 5.82 Å². The fourth-order valence-electron chi connectivity index (χ4n) is 2.11. The van der Waals surface area contributed by atoms with E-state index >= 15 is 0 Å². The van der Waals surface area contributed by atoms with Crippen LogP contribution in [0.2, 0.25) is 0 Å². The number of rotatable bonds is 2. The van der Waals surface area contributed by atoms with Gasteiger partial charge in [-0.2, -0.15) is 0 Å². The summed E-state index contributed by atoms with van der Waals surface area (Å²) in [5.74, 6) is 1.06. The Labute approximate surface area is 129 Å². The molecule has 0 spiro atoms. The molecule has 0 saturated heterocycles. The molecule has 0 fully saturated rings. The molecule has 1 aliphatic heterocycles. The van der Waals surface area contributed by atoms with Gasteiger partial charge in [0.15, 0.2) is 11.5 Å². The lowest BCUT2D eigenvalue weighted by atomic mass is 10.0. The molecule has 0 N–H and O–H groups in total. The summed E-state index contributed by atoms with van der Waals surface area (Å²) in [5, 5.41) is -0.462. The Balaban J connectivity index is 1.98. The van der Waals surface area contributed by atoms with Crippen molar-refractivity contribution in [2.45, 2.75) is 5.38 Å². The highest BCUT2D eigenvalue weighted by atomic mass is 79.9. The van der Waals surface area contributed by atoms with E-state index < -0.39 is 5.38 Å². The molecule has 5 heteroatoms. The van der Waals surface area contributed by atoms with Crippen molar-refractivity contribution in [3.63, 3.8) is 0 Å². The summed E-state index contributed by atoms with van der Waals surface area (Å²) in [6.45, 7) is 1.07. The predicted octanol–water partition coefficient (Wildman–Crippen LogP) is 4.69. The molecule has 0 bridgehead atoms. The van der Waals surface area contributed by atoms with Gasteiger partial charge in [-0.05, 0) is 45.3 Å². The summed E-state index contributed by atoms with van der Waals surface area (Å²) >= 11 is 9.70. The highest BCUT2D eigenvalue weighted by Crippen LogP contribution is 2.39. The predicted molar refractivity (Wildman–Crippen MR) is 79.2 cm³/mol. The molecule has 1 aliphatic rings. The molecule has 2 aromatic rings. The highest BCUT2D eigenvalue weighted by Gasteiger charge is 2.19. The molecule has 0 aliphatic carbocycles. The number of halogens is 3. The van der Waals surface area contributed by atoms with Crippen LogP contribution >= 0.6 is 27.5 Å². The molecule has 20 heavy (non-hydrogen) atoms. The fourth-order valence-corrected chi connectivity index (χ4v) is 3.06. The van der Waals surface area contributed by atoms with Crippen molar-refractivity contribution in [2.24, 2.45) is 0 Å². The van der Waals surface area contributed by atoms with E-state index in [4.69, 9.17) is 21.1 Å². The third-order valence-corrected chi connectivity index (χ3v) is 4.44. The quantitative estimate of drug-likeness (QED) is 0.726. The molecule has 0 saturated carbocycles. The molecule has 3 rings (SSSR count). The second kappa shape index (κ2) is 5.62. The lowest BCUT2D eigenvalue weighted by molar-refractivity contribution is 0.171. The van der Waals surface area contributed by atoms with Crippen LogP contribution in [0.15, 0.2) is 40.9 Å². The van der Waals surface area contributed by atoms with Crippen molar-refractivity contribution >= 4 is 27.5 Å². The highest BCUT2D eigenvalue weighted by molar-refractivity contribution is 9.10. The fraction of sp³-hybridized carbons (Fsp3) is 0.200. The first-order valence-corrected chi connectivity index (χ1v) is 7.37. The van der Waals surface area contributed by atoms with Crippen LogP contribution in [0.3, 0.4) is 0 Å². The van der Waals surface area contributed by atoms with Gasteiger partial charge >= 0.3 is 0 Å². The summed E-state index contributed by atoms with van der Waals surface area (Å²) < 4.78 is 25.0. The second-order valence-electron chi connectivity index (χ2n) is 4.41. The zero-order chi connectivity index (χ0) is 14.1. The second-order valence-corrected chi connectivity index (χ2v) is 5.64. The van der Waals surface area contributed by atoms with Gasteiger partial charge < -0.3 is 9.47 Å². The molecular formula is C15H11BrClFO2. The average Bonchev–Trinajstić information content (AvgIpc) is 2.49.